The van der Waals surface area contributed by atoms with Crippen molar-refractivity contribution in [3.8, 4) is 0 Å². The highest BCUT2D eigenvalue weighted by molar-refractivity contribution is 8.00. The third kappa shape index (κ3) is 3.31. The largest absolute Gasteiger partial charge is 0.360 e. The first-order valence-electron chi connectivity index (χ1n) is 5.77. The summed E-state index contributed by atoms with van der Waals surface area (Å²) in [6.07, 6.45) is 0. The molecule has 2 aromatic heterocycles. The van der Waals surface area contributed by atoms with E-state index >= 15 is 0 Å². The number of nitrogens with one attached hydrogen (secondary N) is 1. The predicted molar refractivity (Wildman–Crippen MR) is 68.7 cm³/mol. The number of carbonyl (C=O) groups excluding carboxylic acids is 1. The SMILES string of the molecule is CCn1nnnc1S[C@H](C)C(=O)Nc1cc(C)on1. The van der Waals surface area contributed by atoms with E-state index in [1.807, 2.05) is 6.92 Å². The second-order valence-corrected chi connectivity index (χ2v) is 5.16. The molecule has 0 aliphatic carbocycles. The molecule has 0 aliphatic rings. The third-order valence-corrected chi connectivity index (χ3v) is 3.40. The van der Waals surface area contributed by atoms with Gasteiger partial charge < -0.3 is 9.84 Å². The molecule has 19 heavy (non-hydrogen) atoms. The number of hydrogen-bond donors (Lipinski definition) is 1. The number of thioether (sulfide) groups is 1. The lowest BCUT2D eigenvalue weighted by Crippen LogP contribution is -2.23. The van der Waals surface area contributed by atoms with Crippen LogP contribution < -0.4 is 5.32 Å². The summed E-state index contributed by atoms with van der Waals surface area (Å²) in [5.74, 6) is 0.875. The number of aromatic nitrogens is 5. The molecule has 2 rings (SSSR count). The van der Waals surface area contributed by atoms with Crippen molar-refractivity contribution in [1.29, 1.82) is 0 Å². The molecule has 0 bridgehead atoms. The van der Waals surface area contributed by atoms with Gasteiger partial charge in [-0.3, -0.25) is 4.79 Å². The van der Waals surface area contributed by atoms with E-state index in [4.69, 9.17) is 4.52 Å². The second-order valence-electron chi connectivity index (χ2n) is 3.85. The van der Waals surface area contributed by atoms with Crippen LogP contribution in [0, 0.1) is 6.92 Å². The van der Waals surface area contributed by atoms with Gasteiger partial charge in [-0.15, -0.1) is 5.10 Å². The Morgan fingerprint density at radius 2 is 2.42 bits per heavy atom. The lowest BCUT2D eigenvalue weighted by molar-refractivity contribution is -0.115. The van der Waals surface area contributed by atoms with Gasteiger partial charge >= 0.3 is 0 Å². The van der Waals surface area contributed by atoms with Crippen molar-refractivity contribution in [3.63, 3.8) is 0 Å². The average Bonchev–Trinajstić information content (AvgIpc) is 2.98. The van der Waals surface area contributed by atoms with E-state index in [-0.39, 0.29) is 11.2 Å². The van der Waals surface area contributed by atoms with Gasteiger partial charge in [0, 0.05) is 12.6 Å². The number of hydrogen-bond acceptors (Lipinski definition) is 7. The van der Waals surface area contributed by atoms with Crippen molar-refractivity contribution in [3.05, 3.63) is 11.8 Å². The van der Waals surface area contributed by atoms with E-state index in [0.29, 0.717) is 23.3 Å². The van der Waals surface area contributed by atoms with Crippen LogP contribution in [0.3, 0.4) is 0 Å². The first-order valence-corrected chi connectivity index (χ1v) is 6.65. The van der Waals surface area contributed by atoms with E-state index in [0.717, 1.165) is 0 Å². The zero-order valence-electron chi connectivity index (χ0n) is 10.8. The van der Waals surface area contributed by atoms with Crippen molar-refractivity contribution in [2.45, 2.75) is 37.7 Å². The van der Waals surface area contributed by atoms with Gasteiger partial charge in [0.05, 0.1) is 5.25 Å². The van der Waals surface area contributed by atoms with Crippen LogP contribution in [0.25, 0.3) is 0 Å². The molecule has 0 aromatic carbocycles. The minimum atomic E-state index is -0.340. The van der Waals surface area contributed by atoms with E-state index in [1.54, 1.807) is 24.6 Å². The van der Waals surface area contributed by atoms with Crippen molar-refractivity contribution < 1.29 is 9.32 Å². The molecule has 2 aromatic rings. The molecular formula is C10H14N6O2S. The predicted octanol–water partition coefficient (Wildman–Crippen LogP) is 1.11. The van der Waals surface area contributed by atoms with Crippen LogP contribution in [0.15, 0.2) is 15.7 Å². The van der Waals surface area contributed by atoms with Crippen molar-refractivity contribution >= 4 is 23.5 Å². The molecule has 0 radical (unpaired) electrons. The summed E-state index contributed by atoms with van der Waals surface area (Å²) >= 11 is 1.29. The summed E-state index contributed by atoms with van der Waals surface area (Å²) in [6, 6.07) is 1.66. The summed E-state index contributed by atoms with van der Waals surface area (Å²) in [4.78, 5) is 12.0. The molecule has 0 aliphatic heterocycles. The van der Waals surface area contributed by atoms with E-state index in [1.165, 1.54) is 11.8 Å². The zero-order chi connectivity index (χ0) is 13.8. The van der Waals surface area contributed by atoms with Gasteiger partial charge in [0.1, 0.15) is 5.76 Å². The molecule has 1 atom stereocenters. The average molecular weight is 282 g/mol. The first-order chi connectivity index (χ1) is 9.10. The Kier molecular flexibility index (Phi) is 4.15. The highest BCUT2D eigenvalue weighted by Gasteiger charge is 2.19. The second kappa shape index (κ2) is 5.83. The number of anilines is 1. The Hall–Kier alpha value is -1.90. The fourth-order valence-corrected chi connectivity index (χ4v) is 2.20. The Labute approximate surface area is 113 Å². The number of tetrazole rings is 1. The van der Waals surface area contributed by atoms with E-state index < -0.39 is 0 Å². The molecule has 9 heteroatoms. The molecule has 2 heterocycles. The Balaban J connectivity index is 1.96. The molecule has 0 unspecified atom stereocenters. The molecule has 0 fully saturated rings. The molecule has 0 saturated carbocycles. The summed E-state index contributed by atoms with van der Waals surface area (Å²) in [5, 5.41) is 17.9. The van der Waals surface area contributed by atoms with Crippen LogP contribution in [0.4, 0.5) is 5.82 Å². The summed E-state index contributed by atoms with van der Waals surface area (Å²) < 4.78 is 6.51. The van der Waals surface area contributed by atoms with Gasteiger partial charge in [0.25, 0.3) is 0 Å². The van der Waals surface area contributed by atoms with E-state index in [2.05, 4.69) is 26.0 Å². The van der Waals surface area contributed by atoms with Crippen LogP contribution in [-0.2, 0) is 11.3 Å². The van der Waals surface area contributed by atoms with Gasteiger partial charge in [0.15, 0.2) is 5.82 Å². The minimum Gasteiger partial charge on any atom is -0.360 e. The first kappa shape index (κ1) is 13.5. The maximum Gasteiger partial charge on any atom is 0.238 e. The van der Waals surface area contributed by atoms with Gasteiger partial charge in [0.2, 0.25) is 11.1 Å². The minimum absolute atomic E-state index is 0.177. The summed E-state index contributed by atoms with van der Waals surface area (Å²) in [6.45, 7) is 6.13. The highest BCUT2D eigenvalue weighted by atomic mass is 32.2. The quantitative estimate of drug-likeness (QED) is 0.820. The van der Waals surface area contributed by atoms with Crippen molar-refractivity contribution in [2.75, 3.05) is 5.32 Å². The Morgan fingerprint density at radius 1 is 1.63 bits per heavy atom. The normalized spacial score (nSPS) is 12.4. The van der Waals surface area contributed by atoms with Crippen LogP contribution in [0.5, 0.6) is 0 Å². The van der Waals surface area contributed by atoms with Crippen LogP contribution in [0.1, 0.15) is 19.6 Å². The molecule has 102 valence electrons. The Morgan fingerprint density at radius 3 is 3.05 bits per heavy atom. The Bertz CT molecular complexity index is 566. The molecule has 0 saturated heterocycles. The van der Waals surface area contributed by atoms with Crippen LogP contribution in [-0.4, -0.2) is 36.5 Å². The van der Waals surface area contributed by atoms with Crippen LogP contribution in [0.2, 0.25) is 0 Å². The fraction of sp³-hybridized carbons (Fsp3) is 0.500. The lowest BCUT2D eigenvalue weighted by atomic mass is 10.4. The van der Waals surface area contributed by atoms with E-state index in [9.17, 15) is 4.79 Å². The highest BCUT2D eigenvalue weighted by Crippen LogP contribution is 2.21. The van der Waals surface area contributed by atoms with Crippen molar-refractivity contribution in [1.82, 2.24) is 25.4 Å². The third-order valence-electron chi connectivity index (χ3n) is 2.33. The number of rotatable bonds is 5. The molecule has 0 spiro atoms. The van der Waals surface area contributed by atoms with Gasteiger partial charge in [-0.05, 0) is 31.2 Å². The molecule has 1 amide bonds. The van der Waals surface area contributed by atoms with Crippen LogP contribution >= 0.6 is 11.8 Å². The van der Waals surface area contributed by atoms with Crippen molar-refractivity contribution in [2.24, 2.45) is 0 Å². The maximum atomic E-state index is 12.0. The van der Waals surface area contributed by atoms with Gasteiger partial charge in [-0.2, -0.15) is 0 Å². The fourth-order valence-electron chi connectivity index (χ4n) is 1.34. The summed E-state index contributed by atoms with van der Waals surface area (Å²) in [5.41, 5.74) is 0. The monoisotopic (exact) mass is 282 g/mol. The number of amides is 1. The molecule has 8 nitrogen and oxygen atoms in total. The lowest BCUT2D eigenvalue weighted by Gasteiger charge is -2.09. The number of aryl methyl sites for hydroxylation is 2. The van der Waals surface area contributed by atoms with Gasteiger partial charge in [-0.1, -0.05) is 16.9 Å². The number of carbonyl (C=O) groups is 1. The topological polar surface area (TPSA) is 98.7 Å². The smallest absolute Gasteiger partial charge is 0.238 e. The zero-order valence-corrected chi connectivity index (χ0v) is 11.6. The number of nitrogens with zero attached hydrogens (tertiary/aromatic N) is 5. The maximum absolute atomic E-state index is 12.0. The summed E-state index contributed by atoms with van der Waals surface area (Å²) in [7, 11) is 0. The molecular weight excluding hydrogens is 268 g/mol. The standard InChI is InChI=1S/C10H14N6O2S/c1-4-16-10(12-14-15-16)19-7(3)9(17)11-8-5-6(2)18-13-8/h5,7H,4H2,1-3H3,(H,11,13,17)/t7-/m1/s1. The van der Waals surface area contributed by atoms with Gasteiger partial charge in [-0.25, -0.2) is 4.68 Å². The molecule has 1 N–H and O–H groups in total.